The van der Waals surface area contributed by atoms with Crippen molar-refractivity contribution in [3.8, 4) is 5.75 Å². The zero-order valence-electron chi connectivity index (χ0n) is 16.7. The van der Waals surface area contributed by atoms with Gasteiger partial charge in [-0.25, -0.2) is 4.98 Å². The van der Waals surface area contributed by atoms with E-state index >= 15 is 0 Å². The predicted octanol–water partition coefficient (Wildman–Crippen LogP) is 4.54. The fourth-order valence-corrected chi connectivity index (χ4v) is 3.59. The van der Waals surface area contributed by atoms with E-state index in [1.807, 2.05) is 43.3 Å². The summed E-state index contributed by atoms with van der Waals surface area (Å²) in [5, 5.41) is 3.79. The zero-order valence-corrected chi connectivity index (χ0v) is 17.4. The van der Waals surface area contributed by atoms with E-state index in [9.17, 15) is 4.79 Å². The van der Waals surface area contributed by atoms with Crippen LogP contribution < -0.4 is 10.1 Å². The monoisotopic (exact) mass is 411 g/mol. The number of carbonyl (C=O) groups is 1. The van der Waals surface area contributed by atoms with Crippen LogP contribution in [0.3, 0.4) is 0 Å². The van der Waals surface area contributed by atoms with E-state index in [2.05, 4.69) is 16.0 Å². The predicted molar refractivity (Wildman–Crippen MR) is 115 cm³/mol. The van der Waals surface area contributed by atoms with Crippen molar-refractivity contribution in [1.82, 2.24) is 14.9 Å². The Labute approximate surface area is 176 Å². The molecule has 29 heavy (non-hydrogen) atoms. The molecule has 1 saturated carbocycles. The van der Waals surface area contributed by atoms with Gasteiger partial charge >= 0.3 is 0 Å². The van der Waals surface area contributed by atoms with Gasteiger partial charge in [-0.1, -0.05) is 23.7 Å². The minimum absolute atomic E-state index is 0.180. The van der Waals surface area contributed by atoms with Gasteiger partial charge in [-0.05, 0) is 62.1 Å². The highest BCUT2D eigenvalue weighted by Crippen LogP contribution is 2.28. The molecule has 0 aliphatic heterocycles. The maximum atomic E-state index is 11.9. The highest BCUT2D eigenvalue weighted by atomic mass is 35.5. The van der Waals surface area contributed by atoms with E-state index in [1.54, 1.807) is 0 Å². The van der Waals surface area contributed by atoms with Crippen LogP contribution >= 0.6 is 11.6 Å². The molecule has 1 heterocycles. The van der Waals surface area contributed by atoms with Crippen LogP contribution in [0.5, 0.6) is 5.75 Å². The van der Waals surface area contributed by atoms with Gasteiger partial charge in [0.2, 0.25) is 5.91 Å². The van der Waals surface area contributed by atoms with Gasteiger partial charge in [-0.2, -0.15) is 0 Å². The molecule has 1 amide bonds. The van der Waals surface area contributed by atoms with Gasteiger partial charge in [0.05, 0.1) is 17.6 Å². The van der Waals surface area contributed by atoms with E-state index < -0.39 is 0 Å². The average Bonchev–Trinajstić information content (AvgIpc) is 3.51. The standard InChI is InChI=1S/C23H26ClN3O2/c1-16-15-18(9-10-19(16)24)29-14-4-13-27-21-6-3-2-5-20(21)26-22(27)11-12-25-23(28)17-7-8-17/h2-3,5-6,9-10,15,17H,4,7-8,11-14H2,1H3,(H,25,28). The second kappa shape index (κ2) is 8.87. The third-order valence-corrected chi connectivity index (χ3v) is 5.68. The van der Waals surface area contributed by atoms with Crippen LogP contribution in [0.15, 0.2) is 42.5 Å². The van der Waals surface area contributed by atoms with Crippen molar-refractivity contribution in [3.63, 3.8) is 0 Å². The zero-order chi connectivity index (χ0) is 20.2. The first-order valence-corrected chi connectivity index (χ1v) is 10.6. The van der Waals surface area contributed by atoms with Crippen molar-refractivity contribution < 1.29 is 9.53 Å². The molecule has 1 aliphatic carbocycles. The number of carbonyl (C=O) groups excluding carboxylic acids is 1. The number of para-hydroxylation sites is 2. The van der Waals surface area contributed by atoms with E-state index in [0.29, 0.717) is 13.2 Å². The van der Waals surface area contributed by atoms with Gasteiger partial charge in [-0.15, -0.1) is 0 Å². The van der Waals surface area contributed by atoms with Crippen molar-refractivity contribution in [1.29, 1.82) is 0 Å². The SMILES string of the molecule is Cc1cc(OCCCn2c(CCNC(=O)C3CC3)nc3ccccc32)ccc1Cl. The molecular weight excluding hydrogens is 386 g/mol. The van der Waals surface area contributed by atoms with Crippen LogP contribution in [0.1, 0.15) is 30.7 Å². The Kier molecular flexibility index (Phi) is 6.05. The van der Waals surface area contributed by atoms with E-state index in [-0.39, 0.29) is 11.8 Å². The summed E-state index contributed by atoms with van der Waals surface area (Å²) >= 11 is 6.07. The molecule has 152 valence electrons. The molecule has 1 aliphatic rings. The fourth-order valence-electron chi connectivity index (χ4n) is 3.47. The third kappa shape index (κ3) is 4.91. The van der Waals surface area contributed by atoms with E-state index in [0.717, 1.165) is 65.4 Å². The molecule has 3 aromatic rings. The molecule has 0 bridgehead atoms. The maximum Gasteiger partial charge on any atom is 0.223 e. The van der Waals surface area contributed by atoms with Crippen LogP contribution in [0, 0.1) is 12.8 Å². The van der Waals surface area contributed by atoms with Crippen molar-refractivity contribution in [2.75, 3.05) is 13.2 Å². The number of ether oxygens (including phenoxy) is 1. The summed E-state index contributed by atoms with van der Waals surface area (Å²) in [4.78, 5) is 16.7. The van der Waals surface area contributed by atoms with Crippen molar-refractivity contribution in [2.24, 2.45) is 5.92 Å². The van der Waals surface area contributed by atoms with Gasteiger partial charge < -0.3 is 14.6 Å². The molecule has 4 rings (SSSR count). The normalized spacial score (nSPS) is 13.6. The number of nitrogens with one attached hydrogen (secondary N) is 1. The summed E-state index contributed by atoms with van der Waals surface area (Å²) in [7, 11) is 0. The first-order chi connectivity index (χ1) is 14.1. The lowest BCUT2D eigenvalue weighted by Crippen LogP contribution is -2.27. The molecular formula is C23H26ClN3O2. The molecule has 1 N–H and O–H groups in total. The molecule has 2 aromatic carbocycles. The number of aromatic nitrogens is 2. The lowest BCUT2D eigenvalue weighted by Gasteiger charge is -2.11. The smallest absolute Gasteiger partial charge is 0.223 e. The molecule has 0 saturated heterocycles. The number of halogens is 1. The van der Waals surface area contributed by atoms with Crippen molar-refractivity contribution in [2.45, 2.75) is 39.2 Å². The Hall–Kier alpha value is -2.53. The van der Waals surface area contributed by atoms with E-state index in [1.165, 1.54) is 0 Å². The van der Waals surface area contributed by atoms with E-state index in [4.69, 9.17) is 21.3 Å². The quantitative estimate of drug-likeness (QED) is 0.526. The third-order valence-electron chi connectivity index (χ3n) is 5.25. The number of aryl methyl sites for hydroxylation is 2. The fraction of sp³-hybridized carbons (Fsp3) is 0.391. The minimum Gasteiger partial charge on any atom is -0.494 e. The molecule has 6 heteroatoms. The summed E-state index contributed by atoms with van der Waals surface area (Å²) in [5.41, 5.74) is 3.13. The van der Waals surface area contributed by atoms with Gasteiger partial charge in [0, 0.05) is 30.5 Å². The summed E-state index contributed by atoms with van der Waals surface area (Å²) in [6.07, 6.45) is 3.64. The first-order valence-electron chi connectivity index (χ1n) is 10.2. The molecule has 5 nitrogen and oxygen atoms in total. The maximum absolute atomic E-state index is 11.9. The molecule has 0 radical (unpaired) electrons. The second-order valence-corrected chi connectivity index (χ2v) is 8.00. The summed E-state index contributed by atoms with van der Waals surface area (Å²) in [6, 6.07) is 13.9. The number of rotatable bonds is 9. The topological polar surface area (TPSA) is 56.1 Å². The molecule has 0 unspecified atom stereocenters. The molecule has 1 fully saturated rings. The average molecular weight is 412 g/mol. The summed E-state index contributed by atoms with van der Waals surface area (Å²) in [6.45, 7) is 4.03. The van der Waals surface area contributed by atoms with Gasteiger partial charge in [0.25, 0.3) is 0 Å². The summed E-state index contributed by atoms with van der Waals surface area (Å²) < 4.78 is 8.13. The van der Waals surface area contributed by atoms with Crippen LogP contribution in [-0.2, 0) is 17.8 Å². The number of imidazole rings is 1. The van der Waals surface area contributed by atoms with Crippen LogP contribution in [0.2, 0.25) is 5.02 Å². The van der Waals surface area contributed by atoms with Gasteiger partial charge in [0.1, 0.15) is 11.6 Å². The number of hydrogen-bond acceptors (Lipinski definition) is 3. The Bertz CT molecular complexity index is 1010. The van der Waals surface area contributed by atoms with Crippen LogP contribution in [0.4, 0.5) is 0 Å². The Morgan fingerprint density at radius 1 is 1.28 bits per heavy atom. The molecule has 1 aromatic heterocycles. The van der Waals surface area contributed by atoms with Crippen molar-refractivity contribution >= 4 is 28.5 Å². The lowest BCUT2D eigenvalue weighted by molar-refractivity contribution is -0.122. The Balaban J connectivity index is 1.37. The number of fused-ring (bicyclic) bond motifs is 1. The number of hydrogen-bond donors (Lipinski definition) is 1. The number of amides is 1. The van der Waals surface area contributed by atoms with Gasteiger partial charge in [-0.3, -0.25) is 4.79 Å². The summed E-state index contributed by atoms with van der Waals surface area (Å²) in [5.74, 6) is 2.26. The number of benzene rings is 2. The largest absolute Gasteiger partial charge is 0.494 e. The lowest BCUT2D eigenvalue weighted by atomic mass is 10.2. The first kappa shape index (κ1) is 19.8. The Morgan fingerprint density at radius 3 is 2.90 bits per heavy atom. The number of nitrogens with zero attached hydrogens (tertiary/aromatic N) is 2. The van der Waals surface area contributed by atoms with Gasteiger partial charge in [0.15, 0.2) is 0 Å². The minimum atomic E-state index is 0.180. The Morgan fingerprint density at radius 2 is 2.10 bits per heavy atom. The molecule has 0 atom stereocenters. The van der Waals surface area contributed by atoms with Crippen molar-refractivity contribution in [3.05, 3.63) is 58.9 Å². The highest BCUT2D eigenvalue weighted by molar-refractivity contribution is 6.31. The second-order valence-electron chi connectivity index (χ2n) is 7.60. The molecule has 0 spiro atoms. The van der Waals surface area contributed by atoms with Crippen LogP contribution in [0.25, 0.3) is 11.0 Å². The van der Waals surface area contributed by atoms with Crippen LogP contribution in [-0.4, -0.2) is 28.6 Å². The highest BCUT2D eigenvalue weighted by Gasteiger charge is 2.29.